The minimum absolute atomic E-state index is 0.0967. The van der Waals surface area contributed by atoms with Crippen LogP contribution in [0, 0.1) is 99.4 Å². The lowest BCUT2D eigenvalue weighted by atomic mass is 9.85. The van der Waals surface area contributed by atoms with Crippen LogP contribution >= 0.6 is 0 Å². The van der Waals surface area contributed by atoms with Crippen molar-refractivity contribution in [2.45, 2.75) is 195 Å². The number of aryl methyl sites for hydroxylation is 5. The van der Waals surface area contributed by atoms with Gasteiger partial charge in [-0.3, -0.25) is 0 Å². The van der Waals surface area contributed by atoms with Crippen LogP contribution in [0.4, 0.5) is 17.6 Å². The van der Waals surface area contributed by atoms with E-state index in [4.69, 9.17) is 9.47 Å². The Kier molecular flexibility index (Phi) is 27.7. The normalized spacial score (nSPS) is 10.7. The van der Waals surface area contributed by atoms with Gasteiger partial charge in [0.05, 0.1) is 14.2 Å². The third-order valence-corrected chi connectivity index (χ3v) is 13.8. The molecule has 0 spiro atoms. The average molecular weight is 1010 g/mol. The summed E-state index contributed by atoms with van der Waals surface area (Å²) in [5.41, 5.74) is 21.8. The third-order valence-electron chi connectivity index (χ3n) is 13.8. The van der Waals surface area contributed by atoms with Gasteiger partial charge in [-0.15, -0.1) is 0 Å². The average Bonchev–Trinajstić information content (AvgIpc) is 3.31. The summed E-state index contributed by atoms with van der Waals surface area (Å²) in [6, 6.07) is 24.1. The van der Waals surface area contributed by atoms with Crippen molar-refractivity contribution in [2.75, 3.05) is 14.2 Å². The highest BCUT2D eigenvalue weighted by molar-refractivity contribution is 5.50. The van der Waals surface area contributed by atoms with Gasteiger partial charge in [0.15, 0.2) is 23.1 Å². The van der Waals surface area contributed by atoms with E-state index in [1.165, 1.54) is 112 Å². The Bertz CT molecular complexity index is 2610. The quantitative estimate of drug-likeness (QED) is 0.142. The summed E-state index contributed by atoms with van der Waals surface area (Å²) in [4.78, 5) is 0. The second-order valence-corrected chi connectivity index (χ2v) is 21.5. The van der Waals surface area contributed by atoms with Crippen LogP contribution in [0.15, 0.2) is 78.9 Å². The largest absolute Gasteiger partial charge is 0.494 e. The molecule has 0 radical (unpaired) electrons. The lowest BCUT2D eigenvalue weighted by Crippen LogP contribution is -2.04. The fraction of sp³-hybridized carbons (Fsp3) is 0.463. The summed E-state index contributed by atoms with van der Waals surface area (Å²) in [6.07, 6.45) is 0. The summed E-state index contributed by atoms with van der Waals surface area (Å²) >= 11 is 0. The predicted octanol–water partition coefficient (Wildman–Crippen LogP) is 20.8. The zero-order valence-corrected chi connectivity index (χ0v) is 49.8. The Morgan fingerprint density at radius 1 is 0.301 bits per heavy atom. The van der Waals surface area contributed by atoms with E-state index in [1.807, 2.05) is 33.8 Å². The highest BCUT2D eigenvalue weighted by Crippen LogP contribution is 2.31. The molecule has 0 aliphatic heterocycles. The van der Waals surface area contributed by atoms with Gasteiger partial charge in [0.25, 0.3) is 0 Å². The molecule has 0 heterocycles. The third kappa shape index (κ3) is 20.1. The molecule has 0 amide bonds. The van der Waals surface area contributed by atoms with Gasteiger partial charge in [-0.2, -0.15) is 0 Å². The lowest BCUT2D eigenvalue weighted by Gasteiger charge is -2.21. The number of benzene rings is 6. The van der Waals surface area contributed by atoms with Gasteiger partial charge in [0.1, 0.15) is 11.6 Å². The van der Waals surface area contributed by atoms with Crippen molar-refractivity contribution in [1.82, 2.24) is 0 Å². The van der Waals surface area contributed by atoms with Crippen LogP contribution in [0.5, 0.6) is 11.5 Å². The molecular formula is C67H94F4O2. The van der Waals surface area contributed by atoms with E-state index in [9.17, 15) is 17.6 Å². The second-order valence-electron chi connectivity index (χ2n) is 21.5. The van der Waals surface area contributed by atoms with Gasteiger partial charge >= 0.3 is 0 Å². The topological polar surface area (TPSA) is 18.5 Å². The maximum absolute atomic E-state index is 13.1. The van der Waals surface area contributed by atoms with Crippen LogP contribution in [-0.2, 0) is 0 Å². The van der Waals surface area contributed by atoms with Crippen molar-refractivity contribution in [3.63, 3.8) is 0 Å². The van der Waals surface area contributed by atoms with Crippen molar-refractivity contribution in [3.8, 4) is 11.5 Å². The molecule has 0 aromatic heterocycles. The zero-order valence-electron chi connectivity index (χ0n) is 49.8. The molecule has 73 heavy (non-hydrogen) atoms. The summed E-state index contributed by atoms with van der Waals surface area (Å²) in [5.74, 6) is 1.95. The minimum atomic E-state index is -0.460. The number of methoxy groups -OCH3 is 2. The van der Waals surface area contributed by atoms with Gasteiger partial charge in [0.2, 0.25) is 0 Å². The van der Waals surface area contributed by atoms with Gasteiger partial charge in [-0.25, -0.2) is 17.6 Å². The van der Waals surface area contributed by atoms with Gasteiger partial charge in [-0.05, 0) is 232 Å². The van der Waals surface area contributed by atoms with Crippen molar-refractivity contribution < 1.29 is 27.0 Å². The molecule has 6 aromatic rings. The van der Waals surface area contributed by atoms with E-state index in [0.717, 1.165) is 11.1 Å². The lowest BCUT2D eigenvalue weighted by molar-refractivity contribution is 0.385. The Hall–Kier alpha value is -5.36. The first-order chi connectivity index (χ1) is 33.8. The minimum Gasteiger partial charge on any atom is -0.494 e. The molecule has 6 aromatic carbocycles. The molecule has 0 N–H and O–H groups in total. The maximum Gasteiger partial charge on any atom is 0.165 e. The highest BCUT2D eigenvalue weighted by atomic mass is 19.1. The van der Waals surface area contributed by atoms with E-state index in [1.54, 1.807) is 23.8 Å². The number of ether oxygens (including phenoxy) is 2. The van der Waals surface area contributed by atoms with Gasteiger partial charge < -0.3 is 9.47 Å². The number of rotatable bonds is 8. The summed E-state index contributed by atoms with van der Waals surface area (Å²) < 4.78 is 61.6. The van der Waals surface area contributed by atoms with Crippen LogP contribution in [0.3, 0.4) is 0 Å². The first-order valence-corrected chi connectivity index (χ1v) is 26.2. The Morgan fingerprint density at radius 3 is 1.12 bits per heavy atom. The molecule has 0 fully saturated rings. The van der Waals surface area contributed by atoms with Crippen LogP contribution in [-0.4, -0.2) is 14.2 Å². The van der Waals surface area contributed by atoms with Crippen LogP contribution in [0.25, 0.3) is 0 Å². The van der Waals surface area contributed by atoms with Gasteiger partial charge in [-0.1, -0.05) is 131 Å². The molecule has 0 aliphatic rings. The first kappa shape index (κ1) is 65.7. The second kappa shape index (κ2) is 30.7. The fourth-order valence-corrected chi connectivity index (χ4v) is 8.55. The van der Waals surface area contributed by atoms with E-state index in [2.05, 4.69) is 155 Å². The van der Waals surface area contributed by atoms with E-state index < -0.39 is 11.6 Å². The first-order valence-electron chi connectivity index (χ1n) is 26.2. The Morgan fingerprint density at radius 2 is 0.712 bits per heavy atom. The van der Waals surface area contributed by atoms with Crippen molar-refractivity contribution in [2.24, 2.45) is 0 Å². The smallest absolute Gasteiger partial charge is 0.165 e. The molecule has 0 saturated heterocycles. The van der Waals surface area contributed by atoms with Gasteiger partial charge in [0, 0.05) is 5.56 Å². The Balaban J connectivity index is 0.000000439. The summed E-state index contributed by atoms with van der Waals surface area (Å²) in [6.45, 7) is 49.0. The van der Waals surface area contributed by atoms with Crippen LogP contribution in [0.1, 0.15) is 213 Å². The number of halogens is 4. The van der Waals surface area contributed by atoms with E-state index >= 15 is 0 Å². The SMILES string of the molecule is COc1cc(C(C)C)ccc1F.COc1ccc(C(C)C)cc1F.Cc1c(C)c(C)c(C(C)C)c(C)c1C.Cc1c(F)cc(C(C)C)cc1F.Cc1cc(C)c(C(C)C)cc1C.Cc1ccc(C(C)C)c(C)c1. The van der Waals surface area contributed by atoms with Crippen LogP contribution < -0.4 is 9.47 Å². The molecule has 6 heteroatoms. The molecule has 6 rings (SSSR count). The molecule has 0 unspecified atom stereocenters. The molecule has 2 nitrogen and oxygen atoms in total. The Labute approximate surface area is 442 Å². The van der Waals surface area contributed by atoms with Crippen molar-refractivity contribution in [1.29, 1.82) is 0 Å². The molecule has 402 valence electrons. The zero-order chi connectivity index (χ0) is 56.3. The summed E-state index contributed by atoms with van der Waals surface area (Å²) in [7, 11) is 2.94. The number of hydrogen-bond acceptors (Lipinski definition) is 2. The molecule has 0 aliphatic carbocycles. The highest BCUT2D eigenvalue weighted by Gasteiger charge is 2.14. The standard InChI is InChI=1S/C14H22.C12H18.C11H16.C10H12F2.2C10H13FO/c1-8(2)14-12(6)10(4)9(3)11(5)13(14)7;1-8(2)12-7-10(4)9(3)6-11(12)5;1-8(2)11-6-5-9(3)7-10(11)4;1-6(2)8-4-9(11)7(3)10(12)5-8;1-7(2)8-4-5-10(12-3)9(11)6-8;1-7(2)8-4-5-9(11)10(6-8)12-3/h8H,1-7H3;6-8H,1-5H3;5-8H,1-4H3;4-6H,1-3H3;2*4-7H,1-3H3. The van der Waals surface area contributed by atoms with Crippen LogP contribution in [0.2, 0.25) is 0 Å². The van der Waals surface area contributed by atoms with Crippen molar-refractivity contribution in [3.05, 3.63) is 197 Å². The number of hydrogen-bond donors (Lipinski definition) is 0. The molecular weight excluding hydrogens is 913 g/mol. The van der Waals surface area contributed by atoms with Crippen molar-refractivity contribution >= 4 is 0 Å². The molecule has 0 bridgehead atoms. The molecule has 0 saturated carbocycles. The van der Waals surface area contributed by atoms with E-state index in [-0.39, 0.29) is 23.1 Å². The summed E-state index contributed by atoms with van der Waals surface area (Å²) in [5, 5.41) is 0. The predicted molar refractivity (Wildman–Crippen MR) is 308 cm³/mol. The molecule has 0 atom stereocenters. The monoisotopic (exact) mass is 1010 g/mol. The fourth-order valence-electron chi connectivity index (χ4n) is 8.55. The maximum atomic E-state index is 13.1. The van der Waals surface area contributed by atoms with E-state index in [0.29, 0.717) is 46.7 Å².